The zero-order valence-electron chi connectivity index (χ0n) is 39.5. The lowest BCUT2D eigenvalue weighted by Gasteiger charge is -2.36. The van der Waals surface area contributed by atoms with E-state index in [1.807, 2.05) is 0 Å². The van der Waals surface area contributed by atoms with Crippen LogP contribution in [0.15, 0.2) is 139 Å². The van der Waals surface area contributed by atoms with Crippen LogP contribution < -0.4 is 20.7 Å². The summed E-state index contributed by atoms with van der Waals surface area (Å²) in [5.41, 5.74) is -2.02. The number of rotatable bonds is 5. The molecular weight excluding hydrogens is 400 g/mol. The quantitative estimate of drug-likeness (QED) is 0.260. The van der Waals surface area contributed by atoms with Gasteiger partial charge in [-0.05, 0) is 38.8 Å². The van der Waals surface area contributed by atoms with Crippen LogP contribution in [0.1, 0.15) is 37.1 Å². The second kappa shape index (κ2) is 8.82. The van der Waals surface area contributed by atoms with Crippen molar-refractivity contribution in [2.24, 2.45) is 0 Å². The molecule has 0 saturated carbocycles. The molecule has 1 heteroatoms. The van der Waals surface area contributed by atoms with Crippen LogP contribution in [0.3, 0.4) is 0 Å². The smallest absolute Gasteiger partial charge is 0.0623 e. The molecule has 0 nitrogen and oxygen atoms in total. The van der Waals surface area contributed by atoms with Gasteiger partial charge in [-0.25, -0.2) is 0 Å². The summed E-state index contributed by atoms with van der Waals surface area (Å²) in [4.78, 5) is 0. The third-order valence-electron chi connectivity index (χ3n) is 4.69. The maximum atomic E-state index is 9.46. The first-order chi connectivity index (χ1) is 25.3. The number of hydrogen-bond acceptors (Lipinski definition) is 0. The van der Waals surface area contributed by atoms with Crippen molar-refractivity contribution in [1.29, 1.82) is 0 Å². The van der Waals surface area contributed by atoms with E-state index < -0.39 is 179 Å². The molecule has 0 radical (unpaired) electrons. The zero-order valence-corrected chi connectivity index (χ0v) is 17.5. The van der Waals surface area contributed by atoms with Crippen molar-refractivity contribution in [3.8, 4) is 11.1 Å². The zero-order chi connectivity index (χ0) is 41.8. The Morgan fingerprint density at radius 1 is 0.469 bits per heavy atom. The molecule has 5 aromatic carbocycles. The Morgan fingerprint density at radius 3 is 1.34 bits per heavy atom. The van der Waals surface area contributed by atoms with Crippen LogP contribution in [-0.2, 0) is 0 Å². The molecule has 0 aromatic heterocycles. The highest BCUT2D eigenvalue weighted by atomic mass is 28.3. The average Bonchev–Trinajstić information content (AvgIpc) is 3.15. The SMILES string of the molecule is [2H]c1c([2H])c([2H])c([Si](c2c([2H])c([2H])c([2H])c([2H])c2[2H])(c2c([2H])c([2H])c([2H])c([2H])c2[2H])c2c([2H])c([2H])c([2H])c([2H])c2-c2c([2H])c([2H])c(C)c([2H])c2[2H])c([2H])c1[2H]. The first-order valence-electron chi connectivity index (χ1n) is 20.8. The van der Waals surface area contributed by atoms with E-state index >= 15 is 0 Å². The third-order valence-corrected chi connectivity index (χ3v) is 8.81. The first kappa shape index (κ1) is 6.91. The summed E-state index contributed by atoms with van der Waals surface area (Å²) in [5.74, 6) is 0. The topological polar surface area (TPSA) is 0 Å². The lowest BCUT2D eigenvalue weighted by atomic mass is 10.0. The standard InChI is InChI=1S/C31H26Si/c1-25-21-23-26(24-22-25)30-19-11-12-20-31(30)32(27-13-5-2-6-14-27,28-15-7-3-8-16-28)29-17-9-4-10-18-29/h2-24H,1H3/i2D,3D,4D,5D,6D,7D,8D,9D,10D,11D,12D,13D,14D,15D,16D,17D,18D,19D,20D,21D,22D,23D,24D. The van der Waals surface area contributed by atoms with Crippen LogP contribution in [0.4, 0.5) is 0 Å². The summed E-state index contributed by atoms with van der Waals surface area (Å²) in [7, 11) is -6.17. The monoisotopic (exact) mass is 449 g/mol. The van der Waals surface area contributed by atoms with Crippen LogP contribution in [0.5, 0.6) is 0 Å². The van der Waals surface area contributed by atoms with Gasteiger partial charge in [-0.2, -0.15) is 0 Å². The molecule has 0 heterocycles. The van der Waals surface area contributed by atoms with Crippen molar-refractivity contribution in [1.82, 2.24) is 0 Å². The van der Waals surface area contributed by atoms with Crippen LogP contribution in [-0.4, -0.2) is 8.07 Å². The molecule has 5 aromatic rings. The highest BCUT2D eigenvalue weighted by molar-refractivity contribution is 7.20. The number of benzene rings is 5. The molecule has 0 N–H and O–H groups in total. The van der Waals surface area contributed by atoms with Crippen LogP contribution in [0.2, 0.25) is 0 Å². The molecular formula is C31H26Si. The summed E-state index contributed by atoms with van der Waals surface area (Å²) >= 11 is 0. The molecule has 0 fully saturated rings. The van der Waals surface area contributed by atoms with Gasteiger partial charge >= 0.3 is 0 Å². The van der Waals surface area contributed by atoms with Gasteiger partial charge in [-0.15, -0.1) is 0 Å². The van der Waals surface area contributed by atoms with Crippen molar-refractivity contribution >= 4 is 28.8 Å². The van der Waals surface area contributed by atoms with Gasteiger partial charge in [0.15, 0.2) is 8.07 Å². The van der Waals surface area contributed by atoms with Crippen LogP contribution in [0.25, 0.3) is 11.1 Å². The third kappa shape index (κ3) is 3.51. The normalized spacial score (nSPS) is 21.3. The van der Waals surface area contributed by atoms with E-state index in [4.69, 9.17) is 20.6 Å². The van der Waals surface area contributed by atoms with E-state index in [1.54, 1.807) is 0 Å². The first-order valence-corrected chi connectivity index (χ1v) is 11.2. The average molecular weight is 450 g/mol. The lowest BCUT2D eigenvalue weighted by Crippen LogP contribution is -2.75. The minimum Gasteiger partial charge on any atom is -0.0623 e. The van der Waals surface area contributed by atoms with Crippen molar-refractivity contribution in [2.45, 2.75) is 6.92 Å². The Morgan fingerprint density at radius 2 is 0.875 bits per heavy atom. The molecule has 5 rings (SSSR count). The second-order valence-electron chi connectivity index (χ2n) is 6.50. The van der Waals surface area contributed by atoms with E-state index in [1.165, 1.54) is 6.92 Å². The summed E-state index contributed by atoms with van der Waals surface area (Å²) < 4.78 is 204. The predicted molar refractivity (Wildman–Crippen MR) is 140 cm³/mol. The molecule has 0 saturated heterocycles. The van der Waals surface area contributed by atoms with Gasteiger partial charge in [0.25, 0.3) is 0 Å². The van der Waals surface area contributed by atoms with Crippen molar-refractivity contribution in [2.75, 3.05) is 0 Å². The van der Waals surface area contributed by atoms with Gasteiger partial charge in [0, 0.05) is 0 Å². The molecule has 0 atom stereocenters. The second-order valence-corrected chi connectivity index (χ2v) is 10.0. The van der Waals surface area contributed by atoms with E-state index in [0.29, 0.717) is 0 Å². The lowest BCUT2D eigenvalue weighted by molar-refractivity contribution is 1.47. The Kier molecular flexibility index (Phi) is 1.90. The van der Waals surface area contributed by atoms with Crippen molar-refractivity contribution in [3.05, 3.63) is 145 Å². The highest BCUT2D eigenvalue weighted by Gasteiger charge is 2.42. The molecule has 0 aliphatic heterocycles. The van der Waals surface area contributed by atoms with Crippen LogP contribution >= 0.6 is 0 Å². The highest BCUT2D eigenvalue weighted by Crippen LogP contribution is 2.22. The molecule has 0 unspecified atom stereocenters. The van der Waals surface area contributed by atoms with Crippen LogP contribution in [0, 0.1) is 6.92 Å². The predicted octanol–water partition coefficient (Wildman–Crippen LogP) is 5.04. The van der Waals surface area contributed by atoms with E-state index in [2.05, 4.69) is 0 Å². The molecule has 0 spiro atoms. The summed E-state index contributed by atoms with van der Waals surface area (Å²) in [5, 5.41) is -4.18. The minimum absolute atomic E-state index is 0.202. The maximum absolute atomic E-state index is 9.46. The fraction of sp³-hybridized carbons (Fsp3) is 0.0323. The fourth-order valence-corrected chi connectivity index (χ4v) is 7.16. The van der Waals surface area contributed by atoms with Gasteiger partial charge in [0.2, 0.25) is 0 Å². The Hall–Kier alpha value is -3.68. The minimum atomic E-state index is -6.17. The van der Waals surface area contributed by atoms with Gasteiger partial charge < -0.3 is 0 Å². The summed E-state index contributed by atoms with van der Waals surface area (Å²) in [6.45, 7) is 1.23. The van der Waals surface area contributed by atoms with E-state index in [9.17, 15) is 11.0 Å². The largest absolute Gasteiger partial charge is 0.180 e. The molecule has 0 aliphatic carbocycles. The number of hydrogen-bond donors (Lipinski definition) is 0. The summed E-state index contributed by atoms with van der Waals surface area (Å²) in [6.07, 6.45) is 0. The summed E-state index contributed by atoms with van der Waals surface area (Å²) in [6, 6.07) is -24.7. The van der Waals surface area contributed by atoms with Crippen molar-refractivity contribution in [3.63, 3.8) is 0 Å². The van der Waals surface area contributed by atoms with E-state index in [-0.39, 0.29) is 5.56 Å². The molecule has 0 aliphatic rings. The van der Waals surface area contributed by atoms with Gasteiger partial charge in [-0.3, -0.25) is 0 Å². The van der Waals surface area contributed by atoms with E-state index in [0.717, 1.165) is 0 Å². The maximum Gasteiger partial charge on any atom is 0.180 e. The molecule has 32 heavy (non-hydrogen) atoms. The van der Waals surface area contributed by atoms with Crippen molar-refractivity contribution < 1.29 is 31.5 Å². The Bertz CT molecular complexity index is 2260. The molecule has 0 bridgehead atoms. The van der Waals surface area contributed by atoms with Gasteiger partial charge in [0.1, 0.15) is 0 Å². The fourth-order valence-electron chi connectivity index (χ4n) is 3.34. The molecule has 154 valence electrons. The molecule has 0 amide bonds. The van der Waals surface area contributed by atoms with Gasteiger partial charge in [-0.1, -0.05) is 145 Å². The Balaban J connectivity index is 2.47. The van der Waals surface area contributed by atoms with Gasteiger partial charge in [0.05, 0.1) is 31.5 Å². The Labute approximate surface area is 224 Å².